The maximum absolute atomic E-state index is 3.98. The molecule has 0 fully saturated rings. The Bertz CT molecular complexity index is 587. The van der Waals surface area contributed by atoms with Crippen LogP contribution in [0, 0.1) is 0 Å². The Morgan fingerprint density at radius 3 is 2.79 bits per heavy atom. The monoisotopic (exact) mass is 183 g/mol. The first-order chi connectivity index (χ1) is 6.68. The lowest BCUT2D eigenvalue weighted by atomic mass is 10.2. The Hall–Kier alpha value is -1.76. The van der Waals surface area contributed by atoms with Crippen LogP contribution in [-0.4, -0.2) is 4.98 Å². The highest BCUT2D eigenvalue weighted by molar-refractivity contribution is 5.81. The summed E-state index contributed by atoms with van der Waals surface area (Å²) in [4.78, 5) is 3.25. The fourth-order valence-electron chi connectivity index (χ4n) is 1.63. The molecule has 1 heteroatoms. The molecule has 0 radical (unpaired) electrons. The molecule has 0 aliphatic heterocycles. The molecular weight excluding hydrogens is 170 g/mol. The van der Waals surface area contributed by atoms with Crippen molar-refractivity contribution < 1.29 is 0 Å². The number of hydrogen-bond donors (Lipinski definition) is 1. The highest BCUT2D eigenvalue weighted by Crippen LogP contribution is 2.03. The van der Waals surface area contributed by atoms with Gasteiger partial charge in [0.25, 0.3) is 0 Å². The van der Waals surface area contributed by atoms with Gasteiger partial charge in [-0.3, -0.25) is 0 Å². The minimum absolute atomic E-state index is 0.953. The first-order valence-electron chi connectivity index (χ1n) is 4.61. The Kier molecular flexibility index (Phi) is 2.01. The van der Waals surface area contributed by atoms with Crippen LogP contribution in [0.3, 0.4) is 0 Å². The van der Waals surface area contributed by atoms with E-state index in [9.17, 15) is 0 Å². The van der Waals surface area contributed by atoms with E-state index < -0.39 is 0 Å². The summed E-state index contributed by atoms with van der Waals surface area (Å²) in [5, 5.41) is 3.31. The predicted molar refractivity (Wildman–Crippen MR) is 62.3 cm³/mol. The van der Waals surface area contributed by atoms with E-state index in [1.54, 1.807) is 0 Å². The Morgan fingerprint density at radius 1 is 1.36 bits per heavy atom. The van der Waals surface area contributed by atoms with E-state index in [1.165, 1.54) is 5.39 Å². The lowest BCUT2D eigenvalue weighted by Gasteiger charge is -1.87. The number of aromatic nitrogens is 1. The summed E-state index contributed by atoms with van der Waals surface area (Å²) in [7, 11) is 0. The Morgan fingerprint density at radius 2 is 2.07 bits per heavy atom. The summed E-state index contributed by atoms with van der Waals surface area (Å²) in [5.41, 5.74) is 2.17. The third kappa shape index (κ3) is 1.37. The van der Waals surface area contributed by atoms with Crippen molar-refractivity contribution in [3.05, 3.63) is 47.0 Å². The van der Waals surface area contributed by atoms with Crippen LogP contribution in [0.4, 0.5) is 0 Å². The summed E-state index contributed by atoms with van der Waals surface area (Å²) in [6, 6.07) is 8.20. The molecule has 0 unspecified atom stereocenters. The molecule has 0 saturated carbocycles. The minimum Gasteiger partial charge on any atom is -0.355 e. The van der Waals surface area contributed by atoms with E-state index in [1.807, 2.05) is 19.1 Å². The lowest BCUT2D eigenvalue weighted by molar-refractivity contribution is 1.37. The number of aromatic amines is 1. The van der Waals surface area contributed by atoms with Crippen molar-refractivity contribution in [1.29, 1.82) is 0 Å². The molecule has 0 amide bonds. The molecule has 14 heavy (non-hydrogen) atoms. The second kappa shape index (κ2) is 3.18. The molecule has 70 valence electrons. The van der Waals surface area contributed by atoms with Crippen molar-refractivity contribution in [2.24, 2.45) is 0 Å². The fourth-order valence-corrected chi connectivity index (χ4v) is 1.63. The maximum atomic E-state index is 3.98. The molecule has 0 atom stereocenters. The first kappa shape index (κ1) is 8.82. The summed E-state index contributed by atoms with van der Waals surface area (Å²) in [6.07, 6.45) is 2.06. The van der Waals surface area contributed by atoms with Gasteiger partial charge in [-0.05, 0) is 19.1 Å². The van der Waals surface area contributed by atoms with Gasteiger partial charge in [-0.2, -0.15) is 0 Å². The second-order valence-electron chi connectivity index (χ2n) is 3.55. The molecule has 2 rings (SSSR count). The van der Waals surface area contributed by atoms with Crippen molar-refractivity contribution in [3.8, 4) is 0 Å². The van der Waals surface area contributed by atoms with Crippen molar-refractivity contribution in [3.63, 3.8) is 0 Å². The smallest absolute Gasteiger partial charge is 0.0464 e. The van der Waals surface area contributed by atoms with Crippen LogP contribution in [0.1, 0.15) is 6.92 Å². The number of H-pyrrole nitrogens is 1. The number of hydrogen-bond acceptors (Lipinski definition) is 0. The number of fused-ring (bicyclic) bond motifs is 1. The zero-order chi connectivity index (χ0) is 10.1. The average molecular weight is 183 g/mol. The van der Waals surface area contributed by atoms with Crippen LogP contribution in [0.25, 0.3) is 23.6 Å². The number of nitrogens with one attached hydrogen (secondary N) is 1. The zero-order valence-corrected chi connectivity index (χ0v) is 8.30. The van der Waals surface area contributed by atoms with Gasteiger partial charge in [-0.25, -0.2) is 0 Å². The van der Waals surface area contributed by atoms with Gasteiger partial charge in [0.05, 0.1) is 0 Å². The Balaban J connectivity index is 2.95. The van der Waals surface area contributed by atoms with E-state index in [2.05, 4.69) is 36.4 Å². The van der Waals surface area contributed by atoms with Crippen LogP contribution < -0.4 is 10.6 Å². The average Bonchev–Trinajstić information content (AvgIpc) is 2.43. The third-order valence-electron chi connectivity index (χ3n) is 2.22. The van der Waals surface area contributed by atoms with Crippen molar-refractivity contribution in [1.82, 2.24) is 4.98 Å². The van der Waals surface area contributed by atoms with Gasteiger partial charge >= 0.3 is 0 Å². The topological polar surface area (TPSA) is 15.8 Å². The maximum Gasteiger partial charge on any atom is 0.0464 e. The highest BCUT2D eigenvalue weighted by atomic mass is 14.7. The van der Waals surface area contributed by atoms with Gasteiger partial charge in [-0.15, -0.1) is 0 Å². The van der Waals surface area contributed by atoms with Gasteiger partial charge < -0.3 is 4.98 Å². The standard InChI is InChI=1S/C13H13N/c1-9(2)8-12-10(3)14-13-7-5-4-6-11(12)13/h4-8,14H,1,3H2,2H3/b12-8+. The largest absolute Gasteiger partial charge is 0.355 e. The van der Waals surface area contributed by atoms with Crippen LogP contribution in [-0.2, 0) is 0 Å². The summed E-state index contributed by atoms with van der Waals surface area (Å²) >= 11 is 0. The van der Waals surface area contributed by atoms with Crippen LogP contribution in [0.15, 0.2) is 36.4 Å². The van der Waals surface area contributed by atoms with E-state index in [0.29, 0.717) is 0 Å². The van der Waals surface area contributed by atoms with Gasteiger partial charge in [-0.1, -0.05) is 36.9 Å². The van der Waals surface area contributed by atoms with Gasteiger partial charge in [0.2, 0.25) is 0 Å². The molecule has 0 spiro atoms. The van der Waals surface area contributed by atoms with Crippen LogP contribution >= 0.6 is 0 Å². The molecule has 2 aromatic rings. The molecule has 1 nitrogen and oxygen atoms in total. The number of allylic oxidation sites excluding steroid dienone is 1. The van der Waals surface area contributed by atoms with E-state index >= 15 is 0 Å². The van der Waals surface area contributed by atoms with Crippen LogP contribution in [0.2, 0.25) is 0 Å². The zero-order valence-electron chi connectivity index (χ0n) is 8.30. The van der Waals surface area contributed by atoms with Crippen molar-refractivity contribution >= 4 is 23.6 Å². The minimum atomic E-state index is 0.953. The molecule has 1 aromatic heterocycles. The van der Waals surface area contributed by atoms with Gasteiger partial charge in [0.15, 0.2) is 0 Å². The quantitative estimate of drug-likeness (QED) is 0.695. The molecule has 0 bridgehead atoms. The number of para-hydroxylation sites is 1. The predicted octanol–water partition coefficient (Wildman–Crippen LogP) is 1.93. The molecule has 1 N–H and O–H groups in total. The normalized spacial score (nSPS) is 12.2. The lowest BCUT2D eigenvalue weighted by Crippen LogP contribution is -2.20. The van der Waals surface area contributed by atoms with Crippen molar-refractivity contribution in [2.75, 3.05) is 0 Å². The molecule has 0 aliphatic rings. The summed E-state index contributed by atoms with van der Waals surface area (Å²) in [6.45, 7) is 9.85. The Labute approximate surface area is 83.1 Å². The number of rotatable bonds is 1. The van der Waals surface area contributed by atoms with E-state index in [4.69, 9.17) is 0 Å². The van der Waals surface area contributed by atoms with E-state index in [-0.39, 0.29) is 0 Å². The number of benzene rings is 1. The third-order valence-corrected chi connectivity index (χ3v) is 2.22. The summed E-state index contributed by atoms with van der Waals surface area (Å²) < 4.78 is 0. The fraction of sp³-hybridized carbons (Fsp3) is 0.0769. The van der Waals surface area contributed by atoms with Gasteiger partial charge in [0, 0.05) is 21.5 Å². The first-order valence-corrected chi connectivity index (χ1v) is 4.61. The van der Waals surface area contributed by atoms with Crippen molar-refractivity contribution in [2.45, 2.75) is 6.92 Å². The molecular formula is C13H13N. The molecule has 0 aliphatic carbocycles. The second-order valence-corrected chi connectivity index (χ2v) is 3.55. The molecule has 1 heterocycles. The summed E-state index contributed by atoms with van der Waals surface area (Å²) in [5.74, 6) is 0. The van der Waals surface area contributed by atoms with Gasteiger partial charge in [0.1, 0.15) is 0 Å². The highest BCUT2D eigenvalue weighted by Gasteiger charge is 1.96. The van der Waals surface area contributed by atoms with Crippen LogP contribution in [0.5, 0.6) is 0 Å². The molecule has 0 saturated heterocycles. The molecule has 1 aromatic carbocycles. The van der Waals surface area contributed by atoms with E-state index in [0.717, 1.165) is 21.7 Å². The SMILES string of the molecule is C=C(C)/C=c1\c(=C)[nH]c2ccccc12.